The fourth-order valence-electron chi connectivity index (χ4n) is 8.38. The molecule has 14 nitrogen and oxygen atoms in total. The van der Waals surface area contributed by atoms with Gasteiger partial charge in [-0.2, -0.15) is 17.0 Å². The van der Waals surface area contributed by atoms with E-state index >= 15 is 0 Å². The second kappa shape index (κ2) is 15.7. The molecule has 52 heavy (non-hydrogen) atoms. The molecule has 0 bridgehead atoms. The highest BCUT2D eigenvalue weighted by Crippen LogP contribution is 2.42. The molecule has 6 rings (SSSR count). The van der Waals surface area contributed by atoms with Crippen LogP contribution in [0, 0.1) is 17.2 Å². The summed E-state index contributed by atoms with van der Waals surface area (Å²) in [6.45, 7) is 17.3. The lowest BCUT2D eigenvalue weighted by atomic mass is 9.72. The molecule has 4 aliphatic rings. The maximum atomic E-state index is 14.4. The number of nitrogens with one attached hydrogen (secondary N) is 1. The first-order chi connectivity index (χ1) is 24.8. The number of likely N-dealkylation sites (tertiary alicyclic amines) is 1. The van der Waals surface area contributed by atoms with Crippen LogP contribution >= 0.6 is 0 Å². The van der Waals surface area contributed by atoms with Crippen molar-refractivity contribution < 1.29 is 27.1 Å². The van der Waals surface area contributed by atoms with E-state index in [-0.39, 0.29) is 59.1 Å². The topological polar surface area (TPSA) is 144 Å². The van der Waals surface area contributed by atoms with Gasteiger partial charge in [-0.15, -0.1) is 10.2 Å². The van der Waals surface area contributed by atoms with Crippen LogP contribution in [-0.4, -0.2) is 131 Å². The molecule has 4 fully saturated rings. The first-order valence-electron chi connectivity index (χ1n) is 18.4. The Kier molecular flexibility index (Phi) is 11.5. The van der Waals surface area contributed by atoms with Crippen molar-refractivity contribution in [3.05, 3.63) is 48.6 Å². The minimum atomic E-state index is -3.59. The predicted octanol–water partition coefficient (Wildman–Crippen LogP) is 3.30. The highest BCUT2D eigenvalue weighted by molar-refractivity contribution is 7.86. The molecule has 1 spiro atoms. The Morgan fingerprint density at radius 3 is 2.50 bits per heavy atom. The molecule has 16 heteroatoms. The number of ether oxygens (including phenoxy) is 1. The summed E-state index contributed by atoms with van der Waals surface area (Å²) in [6.07, 6.45) is 6.68. The van der Waals surface area contributed by atoms with Crippen molar-refractivity contribution in [2.75, 3.05) is 63.8 Å². The minimum absolute atomic E-state index is 0.0951. The molecule has 0 radical (unpaired) electrons. The SMILES string of the molecule is C=CC(=O)N[C@@H]1CCCN(S(=O)(=O)N2CCC3(CC2)CN(C[C@@H]2CCN(c4ncnnc4Oc4ccc(F)cc4C(=O)N(C(C)C)C(C)C)C2)C3)C1. The number of hydrogen-bond donors (Lipinski definition) is 1. The molecule has 0 unspecified atom stereocenters. The molecule has 1 N–H and O–H groups in total. The smallest absolute Gasteiger partial charge is 0.282 e. The van der Waals surface area contributed by atoms with E-state index in [1.54, 1.807) is 9.21 Å². The van der Waals surface area contributed by atoms with Crippen molar-refractivity contribution in [1.29, 1.82) is 0 Å². The van der Waals surface area contributed by atoms with Gasteiger partial charge in [0.2, 0.25) is 5.91 Å². The lowest BCUT2D eigenvalue weighted by Crippen LogP contribution is -2.62. The molecule has 5 heterocycles. The number of rotatable bonds is 12. The van der Waals surface area contributed by atoms with Crippen LogP contribution in [0.2, 0.25) is 0 Å². The van der Waals surface area contributed by atoms with Gasteiger partial charge >= 0.3 is 0 Å². The van der Waals surface area contributed by atoms with Crippen LogP contribution in [-0.2, 0) is 15.0 Å². The van der Waals surface area contributed by atoms with Gasteiger partial charge in [-0.25, -0.2) is 9.37 Å². The Labute approximate surface area is 306 Å². The summed E-state index contributed by atoms with van der Waals surface area (Å²) in [4.78, 5) is 36.1. The lowest BCUT2D eigenvalue weighted by molar-refractivity contribution is -0.117. The maximum absolute atomic E-state index is 14.4. The van der Waals surface area contributed by atoms with E-state index < -0.39 is 16.0 Å². The van der Waals surface area contributed by atoms with Crippen molar-refractivity contribution in [3.63, 3.8) is 0 Å². The third kappa shape index (κ3) is 8.24. The van der Waals surface area contributed by atoms with Gasteiger partial charge in [0.05, 0.1) is 5.56 Å². The molecule has 2 amide bonds. The molecule has 284 valence electrons. The number of hydrogen-bond acceptors (Lipinski definition) is 10. The lowest BCUT2D eigenvalue weighted by Gasteiger charge is -2.54. The molecular formula is C36H52FN9O5S. The van der Waals surface area contributed by atoms with Crippen molar-refractivity contribution in [3.8, 4) is 11.6 Å². The average Bonchev–Trinajstić information content (AvgIpc) is 3.57. The number of carbonyl (C=O) groups is 2. The summed E-state index contributed by atoms with van der Waals surface area (Å²) >= 11 is 0. The molecule has 1 aromatic carbocycles. The molecular weight excluding hydrogens is 690 g/mol. The predicted molar refractivity (Wildman–Crippen MR) is 195 cm³/mol. The van der Waals surface area contributed by atoms with E-state index in [0.29, 0.717) is 37.8 Å². The van der Waals surface area contributed by atoms with Crippen molar-refractivity contribution >= 4 is 27.8 Å². The van der Waals surface area contributed by atoms with E-state index in [1.807, 2.05) is 27.7 Å². The molecule has 1 aromatic heterocycles. The van der Waals surface area contributed by atoms with Crippen molar-refractivity contribution in [2.45, 2.75) is 77.9 Å². The molecule has 0 aliphatic carbocycles. The Morgan fingerprint density at radius 2 is 1.81 bits per heavy atom. The van der Waals surface area contributed by atoms with Crippen molar-refractivity contribution in [1.82, 2.24) is 38.9 Å². The maximum Gasteiger partial charge on any atom is 0.282 e. The number of benzene rings is 1. The monoisotopic (exact) mass is 741 g/mol. The molecule has 4 saturated heterocycles. The van der Waals surface area contributed by atoms with Gasteiger partial charge < -0.3 is 24.8 Å². The number of halogens is 1. The van der Waals surface area contributed by atoms with Crippen LogP contribution < -0.4 is 15.0 Å². The van der Waals surface area contributed by atoms with Gasteiger partial charge in [0.15, 0.2) is 5.82 Å². The standard InChI is InChI=1S/C36H52FN9O5S/c1-6-32(47)40-29-8-7-14-45(21-29)52(49,50)44-16-12-36(13-17-44)22-42(23-36)19-27-11-15-43(20-27)33-34(41-39-24-38-33)51-31-10-9-28(37)18-30(31)35(48)46(25(2)3)26(4)5/h6,9-10,18,24-27,29H,1,7-8,11-17,19-23H2,2-5H3,(H,40,47)/t27-,29+/m0/s1. The van der Waals surface area contributed by atoms with Crippen LogP contribution in [0.5, 0.6) is 11.6 Å². The minimum Gasteiger partial charge on any atom is -0.434 e. The van der Waals surface area contributed by atoms with E-state index in [1.165, 1.54) is 34.9 Å². The summed E-state index contributed by atoms with van der Waals surface area (Å²) in [5.41, 5.74) is 0.248. The summed E-state index contributed by atoms with van der Waals surface area (Å²) in [5.74, 6) is 0.136. The van der Waals surface area contributed by atoms with E-state index in [4.69, 9.17) is 4.74 Å². The highest BCUT2D eigenvalue weighted by Gasteiger charge is 2.48. The highest BCUT2D eigenvalue weighted by atomic mass is 32.2. The molecule has 4 aliphatic heterocycles. The third-order valence-corrected chi connectivity index (χ3v) is 12.9. The number of carbonyl (C=O) groups excluding carboxylic acids is 2. The zero-order valence-electron chi connectivity index (χ0n) is 30.7. The van der Waals surface area contributed by atoms with Crippen LogP contribution in [0.15, 0.2) is 37.2 Å². The number of anilines is 1. The molecule has 2 aromatic rings. The second-order valence-electron chi connectivity index (χ2n) is 15.3. The van der Waals surface area contributed by atoms with Gasteiger partial charge in [0, 0.05) is 77.0 Å². The quantitative estimate of drug-likeness (QED) is 0.322. The Morgan fingerprint density at radius 1 is 1.08 bits per heavy atom. The summed E-state index contributed by atoms with van der Waals surface area (Å²) in [6, 6.07) is 3.51. The van der Waals surface area contributed by atoms with E-state index in [9.17, 15) is 22.4 Å². The second-order valence-corrected chi connectivity index (χ2v) is 17.2. The number of amides is 2. The van der Waals surface area contributed by atoms with Crippen LogP contribution in [0.4, 0.5) is 10.2 Å². The normalized spacial score (nSPS) is 22.8. The fraction of sp³-hybridized carbons (Fsp3) is 0.639. The Bertz CT molecular complexity index is 1720. The summed E-state index contributed by atoms with van der Waals surface area (Å²) < 4.78 is 50.8. The van der Waals surface area contributed by atoms with Gasteiger partial charge in [0.25, 0.3) is 22.0 Å². The van der Waals surface area contributed by atoms with Gasteiger partial charge in [0.1, 0.15) is 17.9 Å². The largest absolute Gasteiger partial charge is 0.434 e. The first-order valence-corrected chi connectivity index (χ1v) is 19.8. The van der Waals surface area contributed by atoms with E-state index in [2.05, 4.69) is 36.9 Å². The zero-order valence-corrected chi connectivity index (χ0v) is 31.5. The first kappa shape index (κ1) is 38.0. The fourth-order valence-corrected chi connectivity index (χ4v) is 10.1. The van der Waals surface area contributed by atoms with Crippen molar-refractivity contribution in [2.24, 2.45) is 11.3 Å². The molecule has 0 saturated carbocycles. The molecule has 2 atom stereocenters. The number of aromatic nitrogens is 3. The summed E-state index contributed by atoms with van der Waals surface area (Å²) in [7, 11) is -3.59. The Hall–Kier alpha value is -3.73. The van der Waals surface area contributed by atoms with Crippen LogP contribution in [0.1, 0.15) is 70.2 Å². The van der Waals surface area contributed by atoms with Gasteiger partial charge in [-0.1, -0.05) is 6.58 Å². The zero-order chi connectivity index (χ0) is 37.2. The van der Waals surface area contributed by atoms with Gasteiger partial charge in [-0.3, -0.25) is 9.59 Å². The number of nitrogens with zero attached hydrogens (tertiary/aromatic N) is 8. The average molecular weight is 742 g/mol. The van der Waals surface area contributed by atoms with Gasteiger partial charge in [-0.05, 0) is 95.4 Å². The Balaban J connectivity index is 1.02. The van der Waals surface area contributed by atoms with Crippen LogP contribution in [0.3, 0.4) is 0 Å². The third-order valence-electron chi connectivity index (χ3n) is 10.9. The van der Waals surface area contributed by atoms with E-state index in [0.717, 1.165) is 58.4 Å². The number of piperidine rings is 2. The summed E-state index contributed by atoms with van der Waals surface area (Å²) in [5, 5.41) is 11.0. The van der Waals surface area contributed by atoms with Crippen LogP contribution in [0.25, 0.3) is 0 Å².